The normalized spacial score (nSPS) is 11.0. The Morgan fingerprint density at radius 1 is 0.871 bits per heavy atom. The van der Waals surface area contributed by atoms with Crippen LogP contribution in [0.1, 0.15) is 23.6 Å². The van der Waals surface area contributed by atoms with E-state index in [2.05, 4.69) is 12.2 Å². The fourth-order valence-electron chi connectivity index (χ4n) is 3.12. The highest BCUT2D eigenvalue weighted by Crippen LogP contribution is 2.18. The van der Waals surface area contributed by atoms with Crippen LogP contribution in [-0.2, 0) is 29.6 Å². The van der Waals surface area contributed by atoms with Gasteiger partial charge in [-0.25, -0.2) is 4.79 Å². The molecule has 0 aliphatic carbocycles. The molecule has 0 saturated heterocycles. The van der Waals surface area contributed by atoms with Crippen LogP contribution in [0.25, 0.3) is 0 Å². The van der Waals surface area contributed by atoms with Gasteiger partial charge in [0.1, 0.15) is 5.75 Å². The first kappa shape index (κ1) is 22.4. The van der Waals surface area contributed by atoms with E-state index in [1.54, 1.807) is 29.2 Å². The summed E-state index contributed by atoms with van der Waals surface area (Å²) in [6, 6.07) is 24.0. The predicted molar refractivity (Wildman–Crippen MR) is 122 cm³/mol. The van der Waals surface area contributed by atoms with E-state index in [-0.39, 0.29) is 11.8 Å². The molecular formula is C24H26N2O4S. The van der Waals surface area contributed by atoms with Gasteiger partial charge in [-0.3, -0.25) is 0 Å². The average Bonchev–Trinajstić information content (AvgIpc) is 2.74. The maximum Gasteiger partial charge on any atom is 0.322 e. The molecular weight excluding hydrogens is 412 g/mol. The number of amides is 2. The summed E-state index contributed by atoms with van der Waals surface area (Å²) in [4.78, 5) is 14.8. The summed E-state index contributed by atoms with van der Waals surface area (Å²) in [6.07, 6.45) is 1.89. The number of hydrogen-bond donors (Lipinski definition) is 1. The SMILES string of the molecule is CCc1cccc(NC(=O)N(Cc2ccccc2)Cc2ccc(OS(C)(=O)=O)cc2)c1. The van der Waals surface area contributed by atoms with Crippen LogP contribution in [0.15, 0.2) is 78.9 Å². The van der Waals surface area contributed by atoms with Gasteiger partial charge in [-0.15, -0.1) is 0 Å². The van der Waals surface area contributed by atoms with Crippen molar-refractivity contribution in [2.24, 2.45) is 0 Å². The van der Waals surface area contributed by atoms with Gasteiger partial charge in [0.2, 0.25) is 0 Å². The number of benzene rings is 3. The van der Waals surface area contributed by atoms with Crippen molar-refractivity contribution in [1.29, 1.82) is 0 Å². The first-order chi connectivity index (χ1) is 14.8. The minimum atomic E-state index is -3.58. The van der Waals surface area contributed by atoms with Crippen molar-refractivity contribution in [2.75, 3.05) is 11.6 Å². The summed E-state index contributed by atoms with van der Waals surface area (Å²) < 4.78 is 27.5. The lowest BCUT2D eigenvalue weighted by Crippen LogP contribution is -2.34. The van der Waals surface area contributed by atoms with Crippen LogP contribution in [0.4, 0.5) is 10.5 Å². The van der Waals surface area contributed by atoms with Crippen molar-refractivity contribution in [1.82, 2.24) is 4.90 Å². The number of hydrogen-bond acceptors (Lipinski definition) is 4. The second kappa shape index (κ2) is 10.1. The van der Waals surface area contributed by atoms with Gasteiger partial charge in [-0.1, -0.05) is 61.5 Å². The van der Waals surface area contributed by atoms with E-state index < -0.39 is 10.1 Å². The number of anilines is 1. The zero-order valence-electron chi connectivity index (χ0n) is 17.6. The molecule has 6 nitrogen and oxygen atoms in total. The van der Waals surface area contributed by atoms with Crippen LogP contribution in [0.5, 0.6) is 5.75 Å². The minimum Gasteiger partial charge on any atom is -0.383 e. The third-order valence-corrected chi connectivity index (χ3v) is 5.13. The Morgan fingerprint density at radius 2 is 1.48 bits per heavy atom. The molecule has 0 fully saturated rings. The number of carbonyl (C=O) groups excluding carboxylic acids is 1. The van der Waals surface area contributed by atoms with Gasteiger partial charge in [0.25, 0.3) is 0 Å². The molecule has 31 heavy (non-hydrogen) atoms. The van der Waals surface area contributed by atoms with Gasteiger partial charge in [0.05, 0.1) is 6.26 Å². The highest BCUT2D eigenvalue weighted by Gasteiger charge is 2.16. The standard InChI is InChI=1S/C24H26N2O4S/c1-3-19-10-7-11-22(16-19)25-24(27)26(17-20-8-5-4-6-9-20)18-21-12-14-23(15-13-21)30-31(2,28)29/h4-16H,3,17-18H2,1-2H3,(H,25,27). The fourth-order valence-corrected chi connectivity index (χ4v) is 3.58. The van der Waals surface area contributed by atoms with Crippen molar-refractivity contribution in [2.45, 2.75) is 26.4 Å². The number of urea groups is 1. The number of aryl methyl sites for hydroxylation is 1. The summed E-state index contributed by atoms with van der Waals surface area (Å²) in [5, 5.41) is 2.98. The highest BCUT2D eigenvalue weighted by molar-refractivity contribution is 7.86. The Labute approximate surface area is 183 Å². The predicted octanol–water partition coefficient (Wildman–Crippen LogP) is 4.82. The molecule has 3 aromatic carbocycles. The third kappa shape index (κ3) is 7.15. The summed E-state index contributed by atoms with van der Waals surface area (Å²) in [5.74, 6) is 0.238. The number of nitrogens with one attached hydrogen (secondary N) is 1. The van der Waals surface area contributed by atoms with Crippen LogP contribution >= 0.6 is 0 Å². The number of rotatable bonds is 8. The number of carbonyl (C=O) groups is 1. The molecule has 7 heteroatoms. The number of nitrogens with zero attached hydrogens (tertiary/aromatic N) is 1. The quantitative estimate of drug-likeness (QED) is 0.512. The van der Waals surface area contributed by atoms with Crippen molar-refractivity contribution in [3.05, 3.63) is 95.6 Å². The smallest absolute Gasteiger partial charge is 0.322 e. The molecule has 0 spiro atoms. The molecule has 0 unspecified atom stereocenters. The Kier molecular flexibility index (Phi) is 7.31. The topological polar surface area (TPSA) is 75.7 Å². The van der Waals surface area contributed by atoms with Crippen LogP contribution in [0, 0.1) is 0 Å². The van der Waals surface area contributed by atoms with E-state index in [0.717, 1.165) is 35.1 Å². The van der Waals surface area contributed by atoms with Crippen molar-refractivity contribution < 1.29 is 17.4 Å². The zero-order valence-corrected chi connectivity index (χ0v) is 18.4. The van der Waals surface area contributed by atoms with Crippen molar-refractivity contribution >= 4 is 21.8 Å². The fraction of sp³-hybridized carbons (Fsp3) is 0.208. The summed E-state index contributed by atoms with van der Waals surface area (Å²) >= 11 is 0. The van der Waals surface area contributed by atoms with Crippen LogP contribution in [-0.4, -0.2) is 25.6 Å². The van der Waals surface area contributed by atoms with Gasteiger partial charge in [0.15, 0.2) is 0 Å². The van der Waals surface area contributed by atoms with Gasteiger partial charge >= 0.3 is 16.1 Å². The molecule has 0 aliphatic heterocycles. The zero-order chi connectivity index (χ0) is 22.3. The summed E-state index contributed by atoms with van der Waals surface area (Å²) in [7, 11) is -3.58. The Morgan fingerprint density at radius 3 is 2.10 bits per heavy atom. The molecule has 3 aromatic rings. The lowest BCUT2D eigenvalue weighted by Gasteiger charge is -2.24. The van der Waals surface area contributed by atoms with Crippen LogP contribution in [0.2, 0.25) is 0 Å². The molecule has 0 aliphatic rings. The van der Waals surface area contributed by atoms with Gasteiger partial charge < -0.3 is 14.4 Å². The van der Waals surface area contributed by atoms with Crippen molar-refractivity contribution in [3.63, 3.8) is 0 Å². The largest absolute Gasteiger partial charge is 0.383 e. The molecule has 0 aromatic heterocycles. The summed E-state index contributed by atoms with van der Waals surface area (Å²) in [5.41, 5.74) is 3.76. The first-order valence-corrected chi connectivity index (χ1v) is 11.8. The van der Waals surface area contributed by atoms with Crippen molar-refractivity contribution in [3.8, 4) is 5.75 Å². The Bertz CT molecular complexity index is 1110. The molecule has 0 heterocycles. The molecule has 1 N–H and O–H groups in total. The van der Waals surface area contributed by atoms with E-state index in [4.69, 9.17) is 4.18 Å². The second-order valence-corrected chi connectivity index (χ2v) is 8.83. The Hall–Kier alpha value is -3.32. The van der Waals surface area contributed by atoms with Gasteiger partial charge in [0, 0.05) is 18.8 Å². The van der Waals surface area contributed by atoms with E-state index >= 15 is 0 Å². The van der Waals surface area contributed by atoms with Crippen LogP contribution in [0.3, 0.4) is 0 Å². The van der Waals surface area contributed by atoms with E-state index in [9.17, 15) is 13.2 Å². The van der Waals surface area contributed by atoms with E-state index in [1.807, 2.05) is 54.6 Å². The highest BCUT2D eigenvalue weighted by atomic mass is 32.2. The molecule has 0 radical (unpaired) electrons. The van der Waals surface area contributed by atoms with E-state index in [1.165, 1.54) is 0 Å². The second-order valence-electron chi connectivity index (χ2n) is 7.26. The average molecular weight is 439 g/mol. The maximum atomic E-state index is 13.1. The van der Waals surface area contributed by atoms with E-state index in [0.29, 0.717) is 13.1 Å². The van der Waals surface area contributed by atoms with Gasteiger partial charge in [-0.05, 0) is 47.4 Å². The lowest BCUT2D eigenvalue weighted by atomic mass is 10.1. The molecule has 0 saturated carbocycles. The minimum absolute atomic E-state index is 0.214. The molecule has 0 bridgehead atoms. The molecule has 0 atom stereocenters. The maximum absolute atomic E-state index is 13.1. The van der Waals surface area contributed by atoms with Gasteiger partial charge in [-0.2, -0.15) is 8.42 Å². The molecule has 162 valence electrons. The monoisotopic (exact) mass is 438 g/mol. The molecule has 2 amide bonds. The first-order valence-electron chi connectivity index (χ1n) is 9.99. The van der Waals surface area contributed by atoms with Crippen LogP contribution < -0.4 is 9.50 Å². The summed E-state index contributed by atoms with van der Waals surface area (Å²) in [6.45, 7) is 2.86. The lowest BCUT2D eigenvalue weighted by molar-refractivity contribution is 0.206. The Balaban J connectivity index is 1.78. The molecule has 3 rings (SSSR count). The third-order valence-electron chi connectivity index (χ3n) is 4.63.